The van der Waals surface area contributed by atoms with Gasteiger partial charge in [0.25, 0.3) is 0 Å². The fourth-order valence-corrected chi connectivity index (χ4v) is 0.837. The first-order valence-electron chi connectivity index (χ1n) is 4.53. The number of allylic oxidation sites excluding steroid dienone is 1. The Morgan fingerprint density at radius 1 is 1.17 bits per heavy atom. The van der Waals surface area contributed by atoms with Gasteiger partial charge in [-0.15, -0.1) is 0 Å². The van der Waals surface area contributed by atoms with Crippen molar-refractivity contribution in [2.45, 2.75) is 39.5 Å². The summed E-state index contributed by atoms with van der Waals surface area (Å²) >= 11 is 0. The molecule has 0 aliphatic heterocycles. The minimum absolute atomic E-state index is 0.283. The molecule has 0 unspecified atom stereocenters. The molecule has 3 heteroatoms. The van der Waals surface area contributed by atoms with Crippen molar-refractivity contribution in [1.29, 1.82) is 0 Å². The molecule has 0 aromatic carbocycles. The van der Waals surface area contributed by atoms with Crippen LogP contribution < -0.4 is 11.5 Å². The Morgan fingerprint density at radius 2 is 1.83 bits per heavy atom. The zero-order valence-electron chi connectivity index (χ0n) is 8.10. The SMILES string of the molecule is CCCCCCOC(C)=C(N)N. The third kappa shape index (κ3) is 5.89. The van der Waals surface area contributed by atoms with Crippen LogP contribution in [0.4, 0.5) is 0 Å². The normalized spacial score (nSPS) is 9.50. The molecule has 0 atom stereocenters. The van der Waals surface area contributed by atoms with Gasteiger partial charge in [0.15, 0.2) is 0 Å². The summed E-state index contributed by atoms with van der Waals surface area (Å²) in [7, 11) is 0. The Hall–Kier alpha value is -0.860. The summed E-state index contributed by atoms with van der Waals surface area (Å²) < 4.78 is 5.28. The van der Waals surface area contributed by atoms with Crippen LogP contribution in [0.5, 0.6) is 0 Å². The number of unbranched alkanes of at least 4 members (excludes halogenated alkanes) is 3. The van der Waals surface area contributed by atoms with Crippen LogP contribution in [-0.2, 0) is 4.74 Å². The summed E-state index contributed by atoms with van der Waals surface area (Å²) in [5.41, 5.74) is 10.6. The van der Waals surface area contributed by atoms with Crippen LogP contribution in [-0.4, -0.2) is 6.61 Å². The van der Waals surface area contributed by atoms with Gasteiger partial charge in [-0.2, -0.15) is 0 Å². The molecule has 0 radical (unpaired) electrons. The Bertz CT molecular complexity index is 139. The molecule has 0 spiro atoms. The first-order chi connectivity index (χ1) is 5.68. The molecule has 0 aromatic rings. The minimum Gasteiger partial charge on any atom is -0.494 e. The van der Waals surface area contributed by atoms with E-state index in [2.05, 4.69) is 6.92 Å². The Labute approximate surface area is 74.8 Å². The van der Waals surface area contributed by atoms with Crippen molar-refractivity contribution in [3.63, 3.8) is 0 Å². The molecule has 72 valence electrons. The predicted molar refractivity (Wildman–Crippen MR) is 51.2 cm³/mol. The van der Waals surface area contributed by atoms with E-state index in [9.17, 15) is 0 Å². The Balaban J connectivity index is 3.26. The predicted octanol–water partition coefficient (Wildman–Crippen LogP) is 1.69. The van der Waals surface area contributed by atoms with Crippen molar-refractivity contribution in [1.82, 2.24) is 0 Å². The lowest BCUT2D eigenvalue weighted by atomic mass is 10.2. The first kappa shape index (κ1) is 11.1. The molecule has 0 rings (SSSR count). The molecular formula is C9H20N2O. The van der Waals surface area contributed by atoms with Crippen molar-refractivity contribution < 1.29 is 4.74 Å². The maximum absolute atomic E-state index is 5.31. The summed E-state index contributed by atoms with van der Waals surface area (Å²) in [4.78, 5) is 0. The summed E-state index contributed by atoms with van der Waals surface area (Å²) in [5, 5.41) is 0. The van der Waals surface area contributed by atoms with Crippen molar-refractivity contribution in [3.8, 4) is 0 Å². The summed E-state index contributed by atoms with van der Waals surface area (Å²) in [6.07, 6.45) is 4.81. The fraction of sp³-hybridized carbons (Fsp3) is 0.778. The lowest BCUT2D eigenvalue weighted by Gasteiger charge is -2.06. The van der Waals surface area contributed by atoms with Crippen LogP contribution in [0.15, 0.2) is 11.6 Å². The topological polar surface area (TPSA) is 61.3 Å². The van der Waals surface area contributed by atoms with Crippen molar-refractivity contribution in [2.75, 3.05) is 6.61 Å². The van der Waals surface area contributed by atoms with Crippen LogP contribution in [0.2, 0.25) is 0 Å². The second kappa shape index (κ2) is 6.83. The molecule has 0 amide bonds. The van der Waals surface area contributed by atoms with E-state index >= 15 is 0 Å². The van der Waals surface area contributed by atoms with Gasteiger partial charge >= 0.3 is 0 Å². The molecule has 0 saturated carbocycles. The van der Waals surface area contributed by atoms with Crippen molar-refractivity contribution in [3.05, 3.63) is 11.6 Å². The molecular weight excluding hydrogens is 152 g/mol. The van der Waals surface area contributed by atoms with Gasteiger partial charge in [-0.1, -0.05) is 26.2 Å². The highest BCUT2D eigenvalue weighted by Gasteiger charge is 1.93. The fourth-order valence-electron chi connectivity index (χ4n) is 0.837. The van der Waals surface area contributed by atoms with Gasteiger partial charge < -0.3 is 16.2 Å². The molecule has 0 saturated heterocycles. The number of nitrogens with two attached hydrogens (primary N) is 2. The van der Waals surface area contributed by atoms with Gasteiger partial charge in [0.2, 0.25) is 0 Å². The maximum atomic E-state index is 5.31. The molecule has 0 aromatic heterocycles. The number of hydrogen-bond acceptors (Lipinski definition) is 3. The first-order valence-corrected chi connectivity index (χ1v) is 4.53. The highest BCUT2D eigenvalue weighted by Crippen LogP contribution is 2.02. The van der Waals surface area contributed by atoms with Crippen LogP contribution >= 0.6 is 0 Å². The highest BCUT2D eigenvalue weighted by molar-refractivity contribution is 4.95. The largest absolute Gasteiger partial charge is 0.494 e. The van der Waals surface area contributed by atoms with Crippen LogP contribution in [0.3, 0.4) is 0 Å². The quantitative estimate of drug-likeness (QED) is 0.473. The molecule has 0 heterocycles. The van der Waals surface area contributed by atoms with Gasteiger partial charge in [-0.05, 0) is 13.3 Å². The van der Waals surface area contributed by atoms with E-state index in [-0.39, 0.29) is 5.82 Å². The Kier molecular flexibility index (Phi) is 6.34. The smallest absolute Gasteiger partial charge is 0.132 e. The number of rotatable bonds is 6. The highest BCUT2D eigenvalue weighted by atomic mass is 16.5. The van der Waals surface area contributed by atoms with Crippen LogP contribution in [0.1, 0.15) is 39.5 Å². The monoisotopic (exact) mass is 172 g/mol. The van der Waals surface area contributed by atoms with Gasteiger partial charge in [0, 0.05) is 0 Å². The summed E-state index contributed by atoms with van der Waals surface area (Å²) in [5.74, 6) is 0.928. The van der Waals surface area contributed by atoms with E-state index in [0.717, 1.165) is 13.0 Å². The molecule has 12 heavy (non-hydrogen) atoms. The molecule has 0 aliphatic carbocycles. The van der Waals surface area contributed by atoms with E-state index in [1.54, 1.807) is 6.92 Å². The molecule has 3 nitrogen and oxygen atoms in total. The third-order valence-corrected chi connectivity index (χ3v) is 1.72. The van der Waals surface area contributed by atoms with Gasteiger partial charge in [-0.3, -0.25) is 0 Å². The zero-order chi connectivity index (χ0) is 9.40. The van der Waals surface area contributed by atoms with Gasteiger partial charge in [0.1, 0.15) is 11.6 Å². The van der Waals surface area contributed by atoms with E-state index in [0.29, 0.717) is 5.76 Å². The number of hydrogen-bond donors (Lipinski definition) is 2. The summed E-state index contributed by atoms with van der Waals surface area (Å²) in [6, 6.07) is 0. The molecule has 0 aliphatic rings. The second-order valence-electron chi connectivity index (χ2n) is 2.92. The van der Waals surface area contributed by atoms with Gasteiger partial charge in [0.05, 0.1) is 6.61 Å². The van der Waals surface area contributed by atoms with Crippen LogP contribution in [0.25, 0.3) is 0 Å². The molecule has 0 bridgehead atoms. The maximum Gasteiger partial charge on any atom is 0.132 e. The number of ether oxygens (including phenoxy) is 1. The van der Waals surface area contributed by atoms with Crippen molar-refractivity contribution in [2.24, 2.45) is 11.5 Å². The zero-order valence-corrected chi connectivity index (χ0v) is 8.10. The summed E-state index contributed by atoms with van der Waals surface area (Å²) in [6.45, 7) is 4.70. The van der Waals surface area contributed by atoms with Crippen molar-refractivity contribution >= 4 is 0 Å². The molecule has 4 N–H and O–H groups in total. The molecule has 0 fully saturated rings. The average molecular weight is 172 g/mol. The van der Waals surface area contributed by atoms with E-state index < -0.39 is 0 Å². The minimum atomic E-state index is 0.283. The van der Waals surface area contributed by atoms with Crippen LogP contribution in [0, 0.1) is 0 Å². The van der Waals surface area contributed by atoms with E-state index in [4.69, 9.17) is 16.2 Å². The lowest BCUT2D eigenvalue weighted by Crippen LogP contribution is -2.12. The lowest BCUT2D eigenvalue weighted by molar-refractivity contribution is 0.203. The van der Waals surface area contributed by atoms with Gasteiger partial charge in [-0.25, -0.2) is 0 Å². The third-order valence-electron chi connectivity index (χ3n) is 1.72. The van der Waals surface area contributed by atoms with E-state index in [1.807, 2.05) is 0 Å². The average Bonchev–Trinajstić information content (AvgIpc) is 2.03. The van der Waals surface area contributed by atoms with E-state index in [1.165, 1.54) is 19.3 Å². The Morgan fingerprint density at radius 3 is 2.33 bits per heavy atom. The standard InChI is InChI=1S/C9H20N2O/c1-3-4-5-6-7-12-8(2)9(10)11/h3-7,10-11H2,1-2H3. The second-order valence-corrected chi connectivity index (χ2v) is 2.92.